The second-order valence-electron chi connectivity index (χ2n) is 3.71. The summed E-state index contributed by atoms with van der Waals surface area (Å²) in [5.41, 5.74) is 6.76. The van der Waals surface area contributed by atoms with Gasteiger partial charge in [0.15, 0.2) is 5.13 Å². The van der Waals surface area contributed by atoms with E-state index in [2.05, 4.69) is 16.9 Å². The van der Waals surface area contributed by atoms with Crippen LogP contribution >= 0.6 is 11.3 Å². The van der Waals surface area contributed by atoms with Crippen molar-refractivity contribution < 1.29 is 0 Å². The van der Waals surface area contributed by atoms with Crippen LogP contribution in [0.15, 0.2) is 18.0 Å². The fourth-order valence-electron chi connectivity index (χ4n) is 2.15. The van der Waals surface area contributed by atoms with Gasteiger partial charge >= 0.3 is 0 Å². The molecule has 2 rings (SSSR count). The molecular weight excluding hydrogens is 192 g/mol. The molecule has 0 aliphatic heterocycles. The van der Waals surface area contributed by atoms with Gasteiger partial charge in [-0.25, -0.2) is 4.98 Å². The zero-order chi connectivity index (χ0) is 9.97. The molecule has 0 aromatic carbocycles. The number of hydrogen-bond acceptors (Lipinski definition) is 3. The summed E-state index contributed by atoms with van der Waals surface area (Å²) in [6.07, 6.45) is 6.82. The first-order valence-corrected chi connectivity index (χ1v) is 5.87. The topological polar surface area (TPSA) is 38.9 Å². The number of nitrogen functional groups attached to an aromatic ring is 1. The number of nitrogens with two attached hydrogens (primary N) is 1. The highest BCUT2D eigenvalue weighted by molar-refractivity contribution is 7.13. The Balaban J connectivity index is 2.12. The van der Waals surface area contributed by atoms with E-state index >= 15 is 0 Å². The third-order valence-electron chi connectivity index (χ3n) is 2.79. The Kier molecular flexibility index (Phi) is 2.87. The van der Waals surface area contributed by atoms with Crippen LogP contribution in [-0.4, -0.2) is 4.98 Å². The Morgan fingerprint density at radius 2 is 2.57 bits per heavy atom. The number of nitrogens with zero attached hydrogens (tertiary/aromatic N) is 1. The van der Waals surface area contributed by atoms with E-state index in [4.69, 9.17) is 5.73 Å². The summed E-state index contributed by atoms with van der Waals surface area (Å²) in [6, 6.07) is 0. The van der Waals surface area contributed by atoms with Crippen LogP contribution in [0.3, 0.4) is 0 Å². The molecule has 0 amide bonds. The monoisotopic (exact) mass is 207 g/mol. The third kappa shape index (κ3) is 1.82. The molecule has 1 aromatic rings. The first kappa shape index (κ1) is 9.71. The summed E-state index contributed by atoms with van der Waals surface area (Å²) in [5, 5.41) is 2.75. The molecule has 1 aliphatic carbocycles. The number of aromatic nitrogens is 1. The minimum atomic E-state index is 0.661. The van der Waals surface area contributed by atoms with Crippen LogP contribution in [0.25, 0.3) is 0 Å². The Hall–Kier alpha value is -0.830. The van der Waals surface area contributed by atoms with Gasteiger partial charge in [-0.3, -0.25) is 0 Å². The molecule has 1 atom stereocenters. The van der Waals surface area contributed by atoms with Crippen LogP contribution in [0.2, 0.25) is 0 Å². The number of anilines is 1. The molecule has 14 heavy (non-hydrogen) atoms. The van der Waals surface area contributed by atoms with E-state index in [1.54, 1.807) is 0 Å². The van der Waals surface area contributed by atoms with Gasteiger partial charge < -0.3 is 5.73 Å². The highest BCUT2D eigenvalue weighted by Gasteiger charge is 2.29. The van der Waals surface area contributed by atoms with Gasteiger partial charge in [0.25, 0.3) is 0 Å². The van der Waals surface area contributed by atoms with Crippen molar-refractivity contribution in [3.05, 3.63) is 29.6 Å². The fraction of sp³-hybridized carbons (Fsp3) is 0.455. The van der Waals surface area contributed by atoms with Crippen molar-refractivity contribution in [2.24, 2.45) is 5.92 Å². The smallest absolute Gasteiger partial charge is 0.180 e. The molecule has 1 heterocycles. The quantitative estimate of drug-likeness (QED) is 0.774. The maximum atomic E-state index is 5.64. The fourth-order valence-corrected chi connectivity index (χ4v) is 2.74. The number of rotatable bonds is 3. The highest BCUT2D eigenvalue weighted by atomic mass is 32.1. The van der Waals surface area contributed by atoms with Crippen molar-refractivity contribution in [3.63, 3.8) is 0 Å². The van der Waals surface area contributed by atoms with Gasteiger partial charge in [0, 0.05) is 11.3 Å². The minimum absolute atomic E-state index is 0.661. The summed E-state index contributed by atoms with van der Waals surface area (Å²) in [7, 11) is 0. The molecule has 3 heteroatoms. The molecular formula is C11H15N2S. The molecule has 1 saturated carbocycles. The average molecular weight is 207 g/mol. The SMILES string of the molecule is C=CCC1CCC[C]1c1csc(N)n1. The molecule has 1 radical (unpaired) electrons. The van der Waals surface area contributed by atoms with Crippen molar-refractivity contribution in [2.75, 3.05) is 5.73 Å². The van der Waals surface area contributed by atoms with E-state index in [0.717, 1.165) is 12.1 Å². The first-order chi connectivity index (χ1) is 6.81. The Morgan fingerprint density at radius 1 is 1.71 bits per heavy atom. The van der Waals surface area contributed by atoms with Gasteiger partial charge in [0.1, 0.15) is 0 Å². The summed E-state index contributed by atoms with van der Waals surface area (Å²) in [5.74, 6) is 2.15. The van der Waals surface area contributed by atoms with E-state index in [1.807, 2.05) is 6.08 Å². The van der Waals surface area contributed by atoms with E-state index in [9.17, 15) is 0 Å². The van der Waals surface area contributed by atoms with Crippen LogP contribution in [0, 0.1) is 11.8 Å². The average Bonchev–Trinajstić information content (AvgIpc) is 2.74. The molecule has 2 N–H and O–H groups in total. The normalized spacial score (nSPS) is 22.7. The summed E-state index contributed by atoms with van der Waals surface area (Å²) in [6.45, 7) is 3.80. The first-order valence-electron chi connectivity index (χ1n) is 4.99. The molecule has 0 spiro atoms. The summed E-state index contributed by atoms with van der Waals surface area (Å²) in [4.78, 5) is 4.35. The Morgan fingerprint density at radius 3 is 3.21 bits per heavy atom. The molecule has 0 saturated heterocycles. The predicted molar refractivity (Wildman–Crippen MR) is 61.0 cm³/mol. The van der Waals surface area contributed by atoms with Gasteiger partial charge in [-0.2, -0.15) is 0 Å². The predicted octanol–water partition coefficient (Wildman–Crippen LogP) is 3.02. The van der Waals surface area contributed by atoms with Crippen LogP contribution in [0.1, 0.15) is 31.4 Å². The number of hydrogen-bond donors (Lipinski definition) is 1. The Bertz CT molecular complexity index is 319. The van der Waals surface area contributed by atoms with E-state index in [-0.39, 0.29) is 0 Å². The van der Waals surface area contributed by atoms with Gasteiger partial charge in [-0.05, 0) is 25.2 Å². The van der Waals surface area contributed by atoms with E-state index in [1.165, 1.54) is 36.5 Å². The maximum Gasteiger partial charge on any atom is 0.180 e. The third-order valence-corrected chi connectivity index (χ3v) is 3.47. The number of allylic oxidation sites excluding steroid dienone is 1. The molecule has 1 aromatic heterocycles. The molecule has 1 unspecified atom stereocenters. The maximum absolute atomic E-state index is 5.64. The van der Waals surface area contributed by atoms with Crippen molar-refractivity contribution >= 4 is 16.5 Å². The second kappa shape index (κ2) is 4.13. The lowest BCUT2D eigenvalue weighted by Gasteiger charge is -2.14. The van der Waals surface area contributed by atoms with Crippen molar-refractivity contribution in [1.82, 2.24) is 4.98 Å². The number of thiazole rings is 1. The minimum Gasteiger partial charge on any atom is -0.375 e. The van der Waals surface area contributed by atoms with Gasteiger partial charge in [-0.1, -0.05) is 12.5 Å². The second-order valence-corrected chi connectivity index (χ2v) is 4.60. The van der Waals surface area contributed by atoms with Gasteiger partial charge in [0.2, 0.25) is 0 Å². The van der Waals surface area contributed by atoms with Crippen LogP contribution in [0.5, 0.6) is 0 Å². The summed E-state index contributed by atoms with van der Waals surface area (Å²) < 4.78 is 0. The Labute approximate surface area is 88.9 Å². The van der Waals surface area contributed by atoms with Crippen LogP contribution < -0.4 is 5.73 Å². The van der Waals surface area contributed by atoms with E-state index in [0.29, 0.717) is 11.0 Å². The van der Waals surface area contributed by atoms with Crippen molar-refractivity contribution in [1.29, 1.82) is 0 Å². The molecule has 1 aliphatic rings. The standard InChI is InChI=1S/C11H15N2S/c1-2-4-8-5-3-6-9(8)10-7-14-11(12)13-10/h2,7-8H,1,3-6H2,(H2,12,13). The van der Waals surface area contributed by atoms with Crippen LogP contribution in [-0.2, 0) is 0 Å². The van der Waals surface area contributed by atoms with Crippen molar-refractivity contribution in [3.8, 4) is 0 Å². The van der Waals surface area contributed by atoms with Crippen LogP contribution in [0.4, 0.5) is 5.13 Å². The lowest BCUT2D eigenvalue weighted by molar-refractivity contribution is 0.597. The van der Waals surface area contributed by atoms with Gasteiger partial charge in [0.05, 0.1) is 5.69 Å². The van der Waals surface area contributed by atoms with Gasteiger partial charge in [-0.15, -0.1) is 17.9 Å². The zero-order valence-electron chi connectivity index (χ0n) is 8.20. The van der Waals surface area contributed by atoms with Crippen molar-refractivity contribution in [2.45, 2.75) is 25.7 Å². The molecule has 0 bridgehead atoms. The summed E-state index contributed by atoms with van der Waals surface area (Å²) >= 11 is 1.53. The zero-order valence-corrected chi connectivity index (χ0v) is 9.02. The lowest BCUT2D eigenvalue weighted by atomic mass is 9.91. The highest BCUT2D eigenvalue weighted by Crippen LogP contribution is 2.41. The van der Waals surface area contributed by atoms with E-state index < -0.39 is 0 Å². The molecule has 75 valence electrons. The largest absolute Gasteiger partial charge is 0.375 e. The molecule has 2 nitrogen and oxygen atoms in total. The molecule has 1 fully saturated rings. The lowest BCUT2D eigenvalue weighted by Crippen LogP contribution is -2.06.